The first kappa shape index (κ1) is 15.4. The first-order valence-electron chi connectivity index (χ1n) is 5.14. The van der Waals surface area contributed by atoms with Gasteiger partial charge < -0.3 is 10.8 Å². The normalized spacial score (nSPS) is 13.4. The van der Waals surface area contributed by atoms with Crippen LogP contribution in [0.5, 0.6) is 0 Å². The van der Waals surface area contributed by atoms with E-state index in [9.17, 15) is 26.7 Å². The highest BCUT2D eigenvalue weighted by molar-refractivity contribution is 5.94. The van der Waals surface area contributed by atoms with Crippen molar-refractivity contribution in [1.82, 2.24) is 0 Å². The number of aliphatic hydroxyl groups excluding tert-OH is 1. The number of carbonyl (C=O) groups is 1. The van der Waals surface area contributed by atoms with Crippen molar-refractivity contribution in [2.45, 2.75) is 18.5 Å². The number of benzene rings is 1. The molecule has 1 aromatic rings. The summed E-state index contributed by atoms with van der Waals surface area (Å²) in [4.78, 5) is 11.0. The van der Waals surface area contributed by atoms with E-state index >= 15 is 0 Å². The Balaban J connectivity index is 3.49. The Morgan fingerprint density at radius 3 is 2.32 bits per heavy atom. The maximum atomic E-state index is 13.4. The first-order chi connectivity index (χ1) is 8.68. The summed E-state index contributed by atoms with van der Waals surface area (Å²) in [7, 11) is 0. The smallest absolute Gasteiger partial charge is 0.395 e. The predicted molar refractivity (Wildman–Crippen MR) is 55.4 cm³/mol. The Bertz CT molecular complexity index is 487. The molecular formula is C11H10F5NO2. The summed E-state index contributed by atoms with van der Waals surface area (Å²) in [6.07, 6.45) is -5.69. The Kier molecular flexibility index (Phi) is 4.46. The summed E-state index contributed by atoms with van der Waals surface area (Å²) < 4.78 is 64.8. The number of primary amides is 1. The average molecular weight is 283 g/mol. The van der Waals surface area contributed by atoms with Crippen molar-refractivity contribution in [3.05, 3.63) is 34.9 Å². The molecule has 0 aliphatic heterocycles. The second-order valence-corrected chi connectivity index (χ2v) is 3.82. The van der Waals surface area contributed by atoms with Crippen LogP contribution < -0.4 is 5.73 Å². The Labute approximate surface area is 104 Å². The quantitative estimate of drug-likeness (QED) is 0.831. The van der Waals surface area contributed by atoms with Crippen LogP contribution in [0.15, 0.2) is 12.1 Å². The van der Waals surface area contributed by atoms with Crippen LogP contribution in [-0.2, 0) is 0 Å². The third-order valence-electron chi connectivity index (χ3n) is 2.52. The van der Waals surface area contributed by atoms with Gasteiger partial charge in [0, 0.05) is 12.7 Å². The van der Waals surface area contributed by atoms with Gasteiger partial charge in [-0.15, -0.1) is 0 Å². The van der Waals surface area contributed by atoms with E-state index in [2.05, 4.69) is 0 Å². The van der Waals surface area contributed by atoms with Crippen LogP contribution in [0, 0.1) is 11.6 Å². The number of hydrogen-bond donors (Lipinski definition) is 2. The standard InChI is InChI=1S/C11H10F5NO2/c12-5-3-6(7(1-2-18)11(14,15)16)9(10(17)19)8(13)4-5/h3-4,7,18H,1-2H2,(H2,17,19). The summed E-state index contributed by atoms with van der Waals surface area (Å²) in [6, 6.07) is 0.674. The van der Waals surface area contributed by atoms with Gasteiger partial charge in [-0.2, -0.15) is 13.2 Å². The monoisotopic (exact) mass is 283 g/mol. The van der Waals surface area contributed by atoms with E-state index in [4.69, 9.17) is 10.8 Å². The molecule has 0 radical (unpaired) electrons. The summed E-state index contributed by atoms with van der Waals surface area (Å²) in [6.45, 7) is -0.861. The molecule has 1 unspecified atom stereocenters. The summed E-state index contributed by atoms with van der Waals surface area (Å²) in [5.41, 5.74) is 2.88. The number of amides is 1. The summed E-state index contributed by atoms with van der Waals surface area (Å²) in [5, 5.41) is 8.63. The zero-order valence-corrected chi connectivity index (χ0v) is 9.47. The van der Waals surface area contributed by atoms with E-state index in [0.717, 1.165) is 0 Å². The van der Waals surface area contributed by atoms with Crippen LogP contribution in [0.3, 0.4) is 0 Å². The van der Waals surface area contributed by atoms with Crippen LogP contribution in [-0.4, -0.2) is 23.8 Å². The van der Waals surface area contributed by atoms with E-state index in [1.54, 1.807) is 0 Å². The largest absolute Gasteiger partial charge is 0.396 e. The summed E-state index contributed by atoms with van der Waals surface area (Å²) >= 11 is 0. The molecule has 0 spiro atoms. The van der Waals surface area contributed by atoms with E-state index in [-0.39, 0.29) is 6.07 Å². The first-order valence-corrected chi connectivity index (χ1v) is 5.14. The van der Waals surface area contributed by atoms with E-state index in [0.29, 0.717) is 6.07 Å². The highest BCUT2D eigenvalue weighted by Crippen LogP contribution is 2.39. The van der Waals surface area contributed by atoms with Gasteiger partial charge in [-0.1, -0.05) is 0 Å². The lowest BCUT2D eigenvalue weighted by atomic mass is 9.90. The number of alkyl halides is 3. The lowest BCUT2D eigenvalue weighted by Gasteiger charge is -2.22. The maximum Gasteiger partial charge on any atom is 0.395 e. The minimum atomic E-state index is -4.87. The highest BCUT2D eigenvalue weighted by Gasteiger charge is 2.42. The van der Waals surface area contributed by atoms with Crippen LogP contribution in [0.2, 0.25) is 0 Å². The fourth-order valence-electron chi connectivity index (χ4n) is 1.75. The van der Waals surface area contributed by atoms with Crippen molar-refractivity contribution >= 4 is 5.91 Å². The Hall–Kier alpha value is -1.70. The topological polar surface area (TPSA) is 63.3 Å². The molecular weight excluding hydrogens is 273 g/mol. The number of rotatable bonds is 4. The predicted octanol–water partition coefficient (Wildman–Crippen LogP) is 2.09. The molecule has 1 atom stereocenters. The molecule has 106 valence electrons. The number of aliphatic hydroxyl groups is 1. The zero-order chi connectivity index (χ0) is 14.8. The van der Waals surface area contributed by atoms with Gasteiger partial charge in [0.25, 0.3) is 5.91 Å². The van der Waals surface area contributed by atoms with Crippen molar-refractivity contribution in [1.29, 1.82) is 0 Å². The van der Waals surface area contributed by atoms with Crippen molar-refractivity contribution in [2.24, 2.45) is 5.73 Å². The van der Waals surface area contributed by atoms with E-state index < -0.39 is 53.8 Å². The Morgan fingerprint density at radius 1 is 1.32 bits per heavy atom. The lowest BCUT2D eigenvalue weighted by Crippen LogP contribution is -2.26. The van der Waals surface area contributed by atoms with Crippen molar-refractivity contribution in [2.75, 3.05) is 6.61 Å². The molecule has 3 N–H and O–H groups in total. The van der Waals surface area contributed by atoms with Crippen LogP contribution in [0.1, 0.15) is 28.3 Å². The van der Waals surface area contributed by atoms with Crippen LogP contribution >= 0.6 is 0 Å². The van der Waals surface area contributed by atoms with E-state index in [1.807, 2.05) is 0 Å². The van der Waals surface area contributed by atoms with Gasteiger partial charge in [-0.05, 0) is 18.1 Å². The molecule has 1 aromatic carbocycles. The van der Waals surface area contributed by atoms with Crippen LogP contribution in [0.25, 0.3) is 0 Å². The van der Waals surface area contributed by atoms with Crippen LogP contribution in [0.4, 0.5) is 22.0 Å². The fraction of sp³-hybridized carbons (Fsp3) is 0.364. The van der Waals surface area contributed by atoms with Gasteiger partial charge in [0.1, 0.15) is 11.6 Å². The molecule has 0 bridgehead atoms. The van der Waals surface area contributed by atoms with Crippen molar-refractivity contribution < 1.29 is 31.9 Å². The molecule has 0 fully saturated rings. The Morgan fingerprint density at radius 2 is 1.89 bits per heavy atom. The zero-order valence-electron chi connectivity index (χ0n) is 9.47. The SMILES string of the molecule is NC(=O)c1c(F)cc(F)cc1C(CCO)C(F)(F)F. The fourth-order valence-corrected chi connectivity index (χ4v) is 1.75. The number of carbonyl (C=O) groups excluding carboxylic acids is 1. The second-order valence-electron chi connectivity index (χ2n) is 3.82. The molecule has 1 rings (SSSR count). The molecule has 0 aliphatic rings. The maximum absolute atomic E-state index is 13.4. The molecule has 0 aromatic heterocycles. The molecule has 0 saturated heterocycles. The highest BCUT2D eigenvalue weighted by atomic mass is 19.4. The molecule has 0 aliphatic carbocycles. The van der Waals surface area contributed by atoms with Crippen molar-refractivity contribution in [3.63, 3.8) is 0 Å². The second kappa shape index (κ2) is 5.52. The molecule has 1 amide bonds. The number of halogens is 5. The minimum Gasteiger partial charge on any atom is -0.396 e. The van der Waals surface area contributed by atoms with Crippen molar-refractivity contribution in [3.8, 4) is 0 Å². The van der Waals surface area contributed by atoms with Gasteiger partial charge in [0.15, 0.2) is 0 Å². The molecule has 0 heterocycles. The lowest BCUT2D eigenvalue weighted by molar-refractivity contribution is -0.153. The average Bonchev–Trinajstić information content (AvgIpc) is 2.22. The minimum absolute atomic E-state index is 0.274. The molecule has 8 heteroatoms. The molecule has 19 heavy (non-hydrogen) atoms. The number of nitrogens with two attached hydrogens (primary N) is 1. The van der Waals surface area contributed by atoms with E-state index in [1.165, 1.54) is 0 Å². The molecule has 3 nitrogen and oxygen atoms in total. The third kappa shape index (κ3) is 3.40. The third-order valence-corrected chi connectivity index (χ3v) is 2.52. The number of hydrogen-bond acceptors (Lipinski definition) is 2. The molecule has 0 saturated carbocycles. The summed E-state index contributed by atoms with van der Waals surface area (Å²) in [5.74, 6) is -6.52. The van der Waals surface area contributed by atoms with Gasteiger partial charge in [-0.25, -0.2) is 8.78 Å². The van der Waals surface area contributed by atoms with Gasteiger partial charge in [0.05, 0.1) is 11.5 Å². The van der Waals surface area contributed by atoms with Gasteiger partial charge in [-0.3, -0.25) is 4.79 Å². The van der Waals surface area contributed by atoms with Gasteiger partial charge in [0.2, 0.25) is 0 Å². The van der Waals surface area contributed by atoms with Gasteiger partial charge >= 0.3 is 6.18 Å².